The first-order valence-electron chi connectivity index (χ1n) is 10.6. The second kappa shape index (κ2) is 10.1. The smallest absolute Gasteiger partial charge is 0.259 e. The van der Waals surface area contributed by atoms with E-state index in [2.05, 4.69) is 36.6 Å². The molecule has 0 aliphatic rings. The van der Waals surface area contributed by atoms with Gasteiger partial charge in [0, 0.05) is 11.1 Å². The van der Waals surface area contributed by atoms with Crippen LogP contribution in [0.25, 0.3) is 10.8 Å². The van der Waals surface area contributed by atoms with Crippen LogP contribution in [-0.4, -0.2) is 31.2 Å². The van der Waals surface area contributed by atoms with E-state index in [1.807, 2.05) is 55.5 Å². The van der Waals surface area contributed by atoms with E-state index in [-0.39, 0.29) is 17.9 Å². The lowest BCUT2D eigenvalue weighted by atomic mass is 9.87. The predicted octanol–water partition coefficient (Wildman–Crippen LogP) is 4.42. The van der Waals surface area contributed by atoms with E-state index >= 15 is 0 Å². The maximum absolute atomic E-state index is 12.3. The number of hydrazone groups is 1. The molecule has 0 saturated heterocycles. The van der Waals surface area contributed by atoms with Crippen LogP contribution in [0.15, 0.2) is 65.8 Å². The molecule has 0 aliphatic carbocycles. The van der Waals surface area contributed by atoms with E-state index < -0.39 is 5.91 Å². The zero-order chi connectivity index (χ0) is 23.1. The van der Waals surface area contributed by atoms with Gasteiger partial charge in [-0.3, -0.25) is 9.59 Å². The minimum absolute atomic E-state index is 0.0129. The average Bonchev–Trinajstić information content (AvgIpc) is 2.78. The third kappa shape index (κ3) is 5.72. The van der Waals surface area contributed by atoms with Crippen molar-refractivity contribution in [2.24, 2.45) is 5.10 Å². The summed E-state index contributed by atoms with van der Waals surface area (Å²) in [7, 11) is 0. The van der Waals surface area contributed by atoms with Crippen molar-refractivity contribution >= 4 is 28.8 Å². The molecule has 6 nitrogen and oxygen atoms in total. The summed E-state index contributed by atoms with van der Waals surface area (Å²) in [4.78, 5) is 24.5. The summed E-state index contributed by atoms with van der Waals surface area (Å²) < 4.78 is 5.70. The lowest BCUT2D eigenvalue weighted by molar-refractivity contribution is -0.120. The molecule has 0 bridgehead atoms. The monoisotopic (exact) mass is 431 g/mol. The maximum atomic E-state index is 12.3. The van der Waals surface area contributed by atoms with Crippen molar-refractivity contribution in [3.8, 4) is 5.75 Å². The molecule has 0 aliphatic heterocycles. The molecule has 0 aromatic heterocycles. The highest BCUT2D eigenvalue weighted by atomic mass is 16.5. The van der Waals surface area contributed by atoms with E-state index in [9.17, 15) is 9.59 Å². The number of carbonyl (C=O) groups is 2. The molecule has 6 heteroatoms. The van der Waals surface area contributed by atoms with Crippen LogP contribution in [-0.2, 0) is 10.2 Å². The predicted molar refractivity (Wildman–Crippen MR) is 128 cm³/mol. The van der Waals surface area contributed by atoms with E-state index in [4.69, 9.17) is 4.74 Å². The number of rotatable bonds is 7. The number of nitrogens with zero attached hydrogens (tertiary/aromatic N) is 1. The summed E-state index contributed by atoms with van der Waals surface area (Å²) >= 11 is 0. The Morgan fingerprint density at radius 2 is 1.72 bits per heavy atom. The SMILES string of the molecule is CCOc1ccc2ccccc2c1/C=N\NC(=O)CNC(=O)c1ccc(C(C)(C)C)cc1. The summed E-state index contributed by atoms with van der Waals surface area (Å²) in [5, 5.41) is 8.71. The maximum Gasteiger partial charge on any atom is 0.259 e. The number of ether oxygens (including phenoxy) is 1. The van der Waals surface area contributed by atoms with Gasteiger partial charge < -0.3 is 10.1 Å². The molecule has 0 spiro atoms. The van der Waals surface area contributed by atoms with Gasteiger partial charge in [0.25, 0.3) is 11.8 Å². The normalized spacial score (nSPS) is 11.5. The number of nitrogens with one attached hydrogen (secondary N) is 2. The summed E-state index contributed by atoms with van der Waals surface area (Å²) in [6.45, 7) is 8.60. The second-order valence-corrected chi connectivity index (χ2v) is 8.43. The standard InChI is InChI=1S/C26H29N3O3/c1-5-32-23-15-12-18-8-6-7-9-21(18)22(23)16-28-29-24(30)17-27-25(31)19-10-13-20(14-11-19)26(2,3)4/h6-16H,5,17H2,1-4H3,(H,27,31)(H,29,30)/b28-16-. The molecular formula is C26H29N3O3. The number of fused-ring (bicyclic) bond motifs is 1. The summed E-state index contributed by atoms with van der Waals surface area (Å²) in [5.41, 5.74) is 4.91. The Labute approximate surface area is 188 Å². The van der Waals surface area contributed by atoms with E-state index in [0.29, 0.717) is 17.9 Å². The molecule has 32 heavy (non-hydrogen) atoms. The van der Waals surface area contributed by atoms with Crippen molar-refractivity contribution < 1.29 is 14.3 Å². The molecule has 0 heterocycles. The van der Waals surface area contributed by atoms with Gasteiger partial charge in [0.15, 0.2) is 0 Å². The first kappa shape index (κ1) is 23.0. The van der Waals surface area contributed by atoms with Gasteiger partial charge in [-0.25, -0.2) is 5.43 Å². The first-order valence-corrected chi connectivity index (χ1v) is 10.6. The summed E-state index contributed by atoms with van der Waals surface area (Å²) in [6.07, 6.45) is 1.57. The van der Waals surface area contributed by atoms with Gasteiger partial charge in [-0.2, -0.15) is 5.10 Å². The van der Waals surface area contributed by atoms with Crippen LogP contribution in [0.2, 0.25) is 0 Å². The van der Waals surface area contributed by atoms with Crippen molar-refractivity contribution in [3.63, 3.8) is 0 Å². The largest absolute Gasteiger partial charge is 0.493 e. The third-order valence-electron chi connectivity index (χ3n) is 5.04. The fourth-order valence-corrected chi connectivity index (χ4v) is 3.28. The van der Waals surface area contributed by atoms with Gasteiger partial charge in [0.05, 0.1) is 19.4 Å². The third-order valence-corrected chi connectivity index (χ3v) is 5.04. The van der Waals surface area contributed by atoms with Gasteiger partial charge in [0.1, 0.15) is 5.75 Å². The van der Waals surface area contributed by atoms with Gasteiger partial charge in [0.2, 0.25) is 0 Å². The Kier molecular flexibility index (Phi) is 7.25. The molecule has 0 saturated carbocycles. The van der Waals surface area contributed by atoms with E-state index in [1.54, 1.807) is 18.3 Å². The van der Waals surface area contributed by atoms with Crippen LogP contribution in [0.3, 0.4) is 0 Å². The zero-order valence-corrected chi connectivity index (χ0v) is 18.9. The fraction of sp³-hybridized carbons (Fsp3) is 0.269. The molecule has 0 fully saturated rings. The number of carbonyl (C=O) groups excluding carboxylic acids is 2. The van der Waals surface area contributed by atoms with E-state index in [0.717, 1.165) is 21.9 Å². The quantitative estimate of drug-likeness (QED) is 0.429. The molecule has 0 unspecified atom stereocenters. The molecule has 2 N–H and O–H groups in total. The number of benzene rings is 3. The highest BCUT2D eigenvalue weighted by Crippen LogP contribution is 2.26. The molecule has 3 aromatic rings. The summed E-state index contributed by atoms with van der Waals surface area (Å²) in [5.74, 6) is -0.0346. The van der Waals surface area contributed by atoms with E-state index in [1.165, 1.54) is 0 Å². The van der Waals surface area contributed by atoms with Crippen molar-refractivity contribution in [1.82, 2.24) is 10.7 Å². The number of hydrogen-bond donors (Lipinski definition) is 2. The highest BCUT2D eigenvalue weighted by Gasteiger charge is 2.14. The molecular weight excluding hydrogens is 402 g/mol. The number of amides is 2. The minimum Gasteiger partial charge on any atom is -0.493 e. The minimum atomic E-state index is -0.417. The Morgan fingerprint density at radius 1 is 1.00 bits per heavy atom. The lowest BCUT2D eigenvalue weighted by Gasteiger charge is -2.19. The van der Waals surface area contributed by atoms with Crippen LogP contribution >= 0.6 is 0 Å². The zero-order valence-electron chi connectivity index (χ0n) is 18.9. The van der Waals surface area contributed by atoms with Gasteiger partial charge in [-0.05, 0) is 46.9 Å². The summed E-state index contributed by atoms with van der Waals surface area (Å²) in [6, 6.07) is 19.2. The second-order valence-electron chi connectivity index (χ2n) is 8.43. The Balaban J connectivity index is 1.60. The highest BCUT2D eigenvalue weighted by molar-refractivity contribution is 6.03. The molecule has 3 aromatic carbocycles. The first-order chi connectivity index (χ1) is 15.3. The van der Waals surface area contributed by atoms with Crippen molar-refractivity contribution in [2.45, 2.75) is 33.1 Å². The van der Waals surface area contributed by atoms with Gasteiger partial charge in [-0.1, -0.05) is 63.2 Å². The van der Waals surface area contributed by atoms with Crippen LogP contribution in [0.5, 0.6) is 5.75 Å². The van der Waals surface area contributed by atoms with Crippen LogP contribution < -0.4 is 15.5 Å². The van der Waals surface area contributed by atoms with Crippen molar-refractivity contribution in [1.29, 1.82) is 0 Å². The van der Waals surface area contributed by atoms with Crippen molar-refractivity contribution in [2.75, 3.05) is 13.2 Å². The molecule has 0 radical (unpaired) electrons. The Hall–Kier alpha value is -3.67. The molecule has 2 amide bonds. The topological polar surface area (TPSA) is 79.8 Å². The van der Waals surface area contributed by atoms with Gasteiger partial charge in [-0.15, -0.1) is 0 Å². The Bertz CT molecular complexity index is 1130. The molecule has 166 valence electrons. The van der Waals surface area contributed by atoms with Gasteiger partial charge >= 0.3 is 0 Å². The Morgan fingerprint density at radius 3 is 2.41 bits per heavy atom. The lowest BCUT2D eigenvalue weighted by Crippen LogP contribution is -2.35. The van der Waals surface area contributed by atoms with Crippen LogP contribution in [0.4, 0.5) is 0 Å². The number of hydrogen-bond acceptors (Lipinski definition) is 4. The average molecular weight is 432 g/mol. The van der Waals surface area contributed by atoms with Crippen molar-refractivity contribution in [3.05, 3.63) is 77.4 Å². The molecule has 0 atom stereocenters. The van der Waals surface area contributed by atoms with Crippen LogP contribution in [0.1, 0.15) is 49.2 Å². The molecule has 3 rings (SSSR count). The fourth-order valence-electron chi connectivity index (χ4n) is 3.28. The van der Waals surface area contributed by atoms with Crippen LogP contribution in [0, 0.1) is 0 Å².